The summed E-state index contributed by atoms with van der Waals surface area (Å²) < 4.78 is 11.9. The van der Waals surface area contributed by atoms with Crippen molar-refractivity contribution in [2.75, 3.05) is 25.2 Å². The third kappa shape index (κ3) is 3.11. The number of nitrogens with zero attached hydrogens (tertiary/aromatic N) is 3. The maximum absolute atomic E-state index is 12.5. The fourth-order valence-corrected chi connectivity index (χ4v) is 3.69. The summed E-state index contributed by atoms with van der Waals surface area (Å²) >= 11 is 0. The zero-order valence-electron chi connectivity index (χ0n) is 15.9. The molecule has 0 fully saturated rings. The number of nitrogens with one attached hydrogen (secondary N) is 1. The molecule has 1 aliphatic heterocycles. The van der Waals surface area contributed by atoms with Crippen molar-refractivity contribution < 1.29 is 14.3 Å². The van der Waals surface area contributed by atoms with Gasteiger partial charge in [0.05, 0.1) is 31.6 Å². The molecule has 8 nitrogen and oxygen atoms in total. The number of aryl methyl sites for hydroxylation is 1. The second-order valence-corrected chi connectivity index (χ2v) is 6.65. The Hall–Kier alpha value is -3.29. The zero-order valence-corrected chi connectivity index (χ0v) is 15.9. The van der Waals surface area contributed by atoms with Gasteiger partial charge in [0.25, 0.3) is 5.56 Å². The Morgan fingerprint density at radius 3 is 3.00 bits per heavy atom. The Morgan fingerprint density at radius 2 is 2.21 bits per heavy atom. The maximum Gasteiger partial charge on any atom is 0.343 e. The van der Waals surface area contributed by atoms with E-state index in [1.807, 2.05) is 12.1 Å². The lowest BCUT2D eigenvalue weighted by Crippen LogP contribution is -2.30. The molecule has 0 saturated heterocycles. The van der Waals surface area contributed by atoms with Crippen LogP contribution in [-0.2, 0) is 17.7 Å². The van der Waals surface area contributed by atoms with E-state index in [2.05, 4.69) is 21.0 Å². The first-order valence-corrected chi connectivity index (χ1v) is 9.30. The van der Waals surface area contributed by atoms with Gasteiger partial charge in [-0.2, -0.15) is 0 Å². The number of hydrogen-bond acceptors (Lipinski definition) is 6. The van der Waals surface area contributed by atoms with E-state index in [-0.39, 0.29) is 23.4 Å². The van der Waals surface area contributed by atoms with Crippen LogP contribution < -0.4 is 15.2 Å². The van der Waals surface area contributed by atoms with Crippen molar-refractivity contribution in [2.24, 2.45) is 0 Å². The van der Waals surface area contributed by atoms with Gasteiger partial charge < -0.3 is 14.4 Å². The number of carbonyl (C=O) groups excluding carboxylic acids is 1. The highest BCUT2D eigenvalue weighted by Crippen LogP contribution is 2.36. The second kappa shape index (κ2) is 7.38. The van der Waals surface area contributed by atoms with Gasteiger partial charge in [-0.15, -0.1) is 0 Å². The van der Waals surface area contributed by atoms with Crippen molar-refractivity contribution >= 4 is 17.3 Å². The number of fused-ring (bicyclic) bond motifs is 2. The van der Waals surface area contributed by atoms with E-state index in [9.17, 15) is 9.59 Å². The Morgan fingerprint density at radius 1 is 1.36 bits per heavy atom. The van der Waals surface area contributed by atoms with Crippen molar-refractivity contribution in [2.45, 2.75) is 26.3 Å². The van der Waals surface area contributed by atoms with E-state index in [4.69, 9.17) is 9.47 Å². The highest BCUT2D eigenvalue weighted by Gasteiger charge is 2.23. The summed E-state index contributed by atoms with van der Waals surface area (Å²) in [5.41, 5.74) is 3.10. The average molecular weight is 382 g/mol. The zero-order chi connectivity index (χ0) is 19.7. The quantitative estimate of drug-likeness (QED) is 0.681. The smallest absolute Gasteiger partial charge is 0.343 e. The maximum atomic E-state index is 12.5. The molecule has 0 radical (unpaired) electrons. The minimum absolute atomic E-state index is 0.248. The van der Waals surface area contributed by atoms with Crippen molar-refractivity contribution in [3.05, 3.63) is 57.6 Å². The molecule has 0 spiro atoms. The molecule has 0 amide bonds. The molecule has 3 heterocycles. The number of rotatable bonds is 5. The summed E-state index contributed by atoms with van der Waals surface area (Å²) in [6, 6.07) is 7.51. The number of carbonyl (C=O) groups is 1. The normalized spacial score (nSPS) is 13.4. The molecular weight excluding hydrogens is 360 g/mol. The summed E-state index contributed by atoms with van der Waals surface area (Å²) in [6.07, 6.45) is 3.45. The molecule has 0 atom stereocenters. The lowest BCUT2D eigenvalue weighted by Gasteiger charge is -2.32. The first kappa shape index (κ1) is 18.1. The van der Waals surface area contributed by atoms with Gasteiger partial charge in [-0.05, 0) is 31.4 Å². The number of aromatic nitrogens is 3. The lowest BCUT2D eigenvalue weighted by molar-refractivity contribution is 0.0528. The molecular formula is C20H22N4O4. The van der Waals surface area contributed by atoms with Crippen LogP contribution in [0.25, 0.3) is 5.65 Å². The number of para-hydroxylation sites is 1. The van der Waals surface area contributed by atoms with Crippen LogP contribution in [0, 0.1) is 0 Å². The van der Waals surface area contributed by atoms with Crippen LogP contribution in [0.2, 0.25) is 0 Å². The number of benzene rings is 1. The SMILES string of the molecule is CCOC(=O)c1c[nH]n2c(=O)cc(CN3CCCc4cccc(OC)c43)nc12. The number of ether oxygens (including phenoxy) is 2. The van der Waals surface area contributed by atoms with Crippen LogP contribution in [-0.4, -0.2) is 40.8 Å². The van der Waals surface area contributed by atoms with E-state index < -0.39 is 5.97 Å². The van der Waals surface area contributed by atoms with Gasteiger partial charge in [-0.25, -0.2) is 14.3 Å². The molecule has 4 rings (SSSR count). The first-order chi connectivity index (χ1) is 13.6. The third-order valence-electron chi connectivity index (χ3n) is 4.89. The van der Waals surface area contributed by atoms with Crippen LogP contribution in [0.3, 0.4) is 0 Å². The fourth-order valence-electron chi connectivity index (χ4n) is 3.69. The Balaban J connectivity index is 1.73. The summed E-state index contributed by atoms with van der Waals surface area (Å²) in [5, 5.41) is 2.77. The third-order valence-corrected chi connectivity index (χ3v) is 4.89. The van der Waals surface area contributed by atoms with E-state index in [0.29, 0.717) is 12.2 Å². The number of H-pyrrole nitrogens is 1. The van der Waals surface area contributed by atoms with E-state index >= 15 is 0 Å². The highest BCUT2D eigenvalue weighted by molar-refractivity contribution is 5.95. The number of anilines is 1. The molecule has 28 heavy (non-hydrogen) atoms. The van der Waals surface area contributed by atoms with E-state index in [1.165, 1.54) is 22.3 Å². The van der Waals surface area contributed by atoms with E-state index in [0.717, 1.165) is 30.8 Å². The van der Waals surface area contributed by atoms with Gasteiger partial charge in [0.15, 0.2) is 5.65 Å². The fraction of sp³-hybridized carbons (Fsp3) is 0.350. The van der Waals surface area contributed by atoms with Gasteiger partial charge in [-0.3, -0.25) is 9.89 Å². The van der Waals surface area contributed by atoms with Crippen molar-refractivity contribution in [3.8, 4) is 5.75 Å². The average Bonchev–Trinajstić information content (AvgIpc) is 3.12. The summed E-state index contributed by atoms with van der Waals surface area (Å²) in [6.45, 7) is 3.28. The van der Waals surface area contributed by atoms with E-state index in [1.54, 1.807) is 14.0 Å². The molecule has 1 aromatic carbocycles. The van der Waals surface area contributed by atoms with Crippen molar-refractivity contribution in [3.63, 3.8) is 0 Å². The van der Waals surface area contributed by atoms with Crippen LogP contribution in [0.4, 0.5) is 5.69 Å². The number of methoxy groups -OCH3 is 1. The number of esters is 1. The Bertz CT molecular complexity index is 1070. The molecule has 8 heteroatoms. The van der Waals surface area contributed by atoms with Gasteiger partial charge in [0.1, 0.15) is 11.3 Å². The molecule has 1 aliphatic rings. The van der Waals surface area contributed by atoms with Crippen molar-refractivity contribution in [1.82, 2.24) is 14.6 Å². The van der Waals surface area contributed by atoms with Gasteiger partial charge in [0, 0.05) is 18.8 Å². The van der Waals surface area contributed by atoms with Gasteiger partial charge >= 0.3 is 5.97 Å². The first-order valence-electron chi connectivity index (χ1n) is 9.30. The lowest BCUT2D eigenvalue weighted by atomic mass is 10.0. The molecule has 146 valence electrons. The predicted octanol–water partition coefficient (Wildman–Crippen LogP) is 2.16. The molecule has 0 saturated carbocycles. The van der Waals surface area contributed by atoms with Crippen LogP contribution in [0.1, 0.15) is 35.0 Å². The molecule has 0 aliphatic carbocycles. The van der Waals surface area contributed by atoms with Crippen LogP contribution in [0.15, 0.2) is 35.3 Å². The Kier molecular flexibility index (Phi) is 4.77. The summed E-state index contributed by atoms with van der Waals surface area (Å²) in [7, 11) is 1.66. The minimum Gasteiger partial charge on any atom is -0.495 e. The summed E-state index contributed by atoms with van der Waals surface area (Å²) in [5.74, 6) is 0.305. The Labute approximate surface area is 161 Å². The standard InChI is InChI=1S/C20H22N4O4/c1-3-28-20(26)15-11-21-24-17(25)10-14(22-19(15)24)12-23-9-5-7-13-6-4-8-16(27-2)18(13)23/h4,6,8,10-11,21H,3,5,7,9,12H2,1-2H3. The van der Waals surface area contributed by atoms with Gasteiger partial charge in [-0.1, -0.05) is 12.1 Å². The second-order valence-electron chi connectivity index (χ2n) is 6.65. The molecule has 0 unspecified atom stereocenters. The molecule has 2 aromatic heterocycles. The highest BCUT2D eigenvalue weighted by atomic mass is 16.5. The van der Waals surface area contributed by atoms with Crippen LogP contribution in [0.5, 0.6) is 5.75 Å². The van der Waals surface area contributed by atoms with Gasteiger partial charge in [0.2, 0.25) is 0 Å². The molecule has 1 N–H and O–H groups in total. The minimum atomic E-state index is -0.504. The molecule has 0 bridgehead atoms. The monoisotopic (exact) mass is 382 g/mol. The topological polar surface area (TPSA) is 88.9 Å². The largest absolute Gasteiger partial charge is 0.495 e. The van der Waals surface area contributed by atoms with Crippen molar-refractivity contribution in [1.29, 1.82) is 0 Å². The molecule has 3 aromatic rings. The van der Waals surface area contributed by atoms with Crippen LogP contribution >= 0.6 is 0 Å². The predicted molar refractivity (Wildman–Crippen MR) is 104 cm³/mol. The summed E-state index contributed by atoms with van der Waals surface area (Å²) in [4.78, 5) is 31.4. The number of aromatic amines is 1. The number of hydrogen-bond donors (Lipinski definition) is 1.